The summed E-state index contributed by atoms with van der Waals surface area (Å²) in [4.78, 5) is 43.1. The van der Waals surface area contributed by atoms with Crippen LogP contribution >= 0.6 is 0 Å². The Balaban J connectivity index is 1.75. The smallest absolute Gasteiger partial charge is 0.305 e. The zero-order valence-corrected chi connectivity index (χ0v) is 15.5. The number of H-pyrrole nitrogens is 1. The molecule has 1 aromatic carbocycles. The minimum absolute atomic E-state index is 0.0458. The molecule has 2 aliphatic rings. The van der Waals surface area contributed by atoms with E-state index in [1.54, 1.807) is 0 Å². The molecule has 0 saturated heterocycles. The van der Waals surface area contributed by atoms with Crippen LogP contribution in [0.15, 0.2) is 36.0 Å². The lowest BCUT2D eigenvalue weighted by Gasteiger charge is -2.35. The van der Waals surface area contributed by atoms with Crippen LogP contribution < -0.4 is 0 Å². The lowest BCUT2D eigenvalue weighted by atomic mass is 9.77. The third kappa shape index (κ3) is 2.95. The SMILES string of the molecule is COC(=O)CC[C@H]1CN(C)C=C2C(=O)c3c([nH]c4ccccc34)C(=O)C[C@H]21. The van der Waals surface area contributed by atoms with E-state index < -0.39 is 0 Å². The van der Waals surface area contributed by atoms with E-state index in [9.17, 15) is 14.4 Å². The summed E-state index contributed by atoms with van der Waals surface area (Å²) in [5.41, 5.74) is 2.35. The molecule has 0 bridgehead atoms. The highest BCUT2D eigenvalue weighted by Crippen LogP contribution is 2.40. The molecule has 0 spiro atoms. The molecule has 0 saturated carbocycles. The van der Waals surface area contributed by atoms with Crippen LogP contribution in [-0.4, -0.2) is 48.1 Å². The largest absolute Gasteiger partial charge is 0.469 e. The summed E-state index contributed by atoms with van der Waals surface area (Å²) < 4.78 is 4.75. The van der Waals surface area contributed by atoms with Crippen molar-refractivity contribution in [3.63, 3.8) is 0 Å². The third-order valence-electron chi connectivity index (χ3n) is 5.68. The number of hydrogen-bond acceptors (Lipinski definition) is 5. The van der Waals surface area contributed by atoms with Crippen molar-refractivity contribution in [1.82, 2.24) is 9.88 Å². The number of fused-ring (bicyclic) bond motifs is 4. The second-order valence-corrected chi connectivity index (χ2v) is 7.38. The van der Waals surface area contributed by atoms with Crippen LogP contribution in [0.1, 0.15) is 40.1 Å². The first-order valence-corrected chi connectivity index (χ1v) is 9.17. The Morgan fingerprint density at radius 1 is 1.30 bits per heavy atom. The number of nitrogens with one attached hydrogen (secondary N) is 1. The second kappa shape index (κ2) is 6.68. The highest BCUT2D eigenvalue weighted by atomic mass is 16.5. The first kappa shape index (κ1) is 17.5. The summed E-state index contributed by atoms with van der Waals surface area (Å²) in [5, 5.41) is 0.784. The number of Topliss-reactive ketones (excluding diaryl/α,β-unsaturated/α-hetero) is 2. The van der Waals surface area contributed by atoms with E-state index >= 15 is 0 Å². The van der Waals surface area contributed by atoms with Crippen LogP contribution in [-0.2, 0) is 9.53 Å². The summed E-state index contributed by atoms with van der Waals surface area (Å²) in [5.74, 6) is -0.526. The van der Waals surface area contributed by atoms with Gasteiger partial charge in [0, 0.05) is 55.0 Å². The van der Waals surface area contributed by atoms with Gasteiger partial charge in [-0.15, -0.1) is 0 Å². The molecule has 2 aromatic rings. The maximum atomic E-state index is 13.4. The number of allylic oxidation sites excluding steroid dienone is 1. The molecule has 140 valence electrons. The fourth-order valence-electron chi connectivity index (χ4n) is 4.37. The molecule has 4 rings (SSSR count). The van der Waals surface area contributed by atoms with Crippen LogP contribution in [0.25, 0.3) is 10.9 Å². The Morgan fingerprint density at radius 2 is 2.07 bits per heavy atom. The number of benzene rings is 1. The van der Waals surface area contributed by atoms with Gasteiger partial charge in [-0.1, -0.05) is 18.2 Å². The van der Waals surface area contributed by atoms with Crippen LogP contribution in [0.3, 0.4) is 0 Å². The first-order chi connectivity index (χ1) is 13.0. The average Bonchev–Trinajstić information content (AvgIpc) is 3.02. The highest BCUT2D eigenvalue weighted by molar-refractivity contribution is 6.24. The van der Waals surface area contributed by atoms with Gasteiger partial charge in [-0.05, 0) is 18.4 Å². The predicted octanol–water partition coefficient (Wildman–Crippen LogP) is 2.95. The molecule has 0 amide bonds. The molecule has 6 heteroatoms. The van der Waals surface area contributed by atoms with Gasteiger partial charge in [0.2, 0.25) is 0 Å². The summed E-state index contributed by atoms with van der Waals surface area (Å²) in [6.45, 7) is 0.709. The minimum Gasteiger partial charge on any atom is -0.469 e. The number of rotatable bonds is 3. The van der Waals surface area contributed by atoms with Gasteiger partial charge in [-0.2, -0.15) is 0 Å². The van der Waals surface area contributed by atoms with Gasteiger partial charge in [0.25, 0.3) is 0 Å². The number of nitrogens with zero attached hydrogens (tertiary/aromatic N) is 1. The van der Waals surface area contributed by atoms with Gasteiger partial charge in [0.15, 0.2) is 11.6 Å². The van der Waals surface area contributed by atoms with Gasteiger partial charge in [-0.3, -0.25) is 14.4 Å². The number of hydrogen-bond donors (Lipinski definition) is 1. The number of aromatic nitrogens is 1. The van der Waals surface area contributed by atoms with Crippen LogP contribution in [0.5, 0.6) is 0 Å². The van der Waals surface area contributed by atoms with E-state index in [0.717, 1.165) is 10.9 Å². The monoisotopic (exact) mass is 366 g/mol. The minimum atomic E-state index is -0.267. The molecular weight excluding hydrogens is 344 g/mol. The Kier molecular flexibility index (Phi) is 4.34. The lowest BCUT2D eigenvalue weighted by Crippen LogP contribution is -2.36. The van der Waals surface area contributed by atoms with E-state index in [1.807, 2.05) is 42.4 Å². The molecule has 0 radical (unpaired) electrons. The number of esters is 1. The topological polar surface area (TPSA) is 79.5 Å². The normalized spacial score (nSPS) is 22.1. The van der Waals surface area contributed by atoms with Crippen LogP contribution in [0.4, 0.5) is 0 Å². The Morgan fingerprint density at radius 3 is 2.85 bits per heavy atom. The van der Waals surface area contributed by atoms with E-state index in [0.29, 0.717) is 29.8 Å². The zero-order chi connectivity index (χ0) is 19.1. The maximum absolute atomic E-state index is 13.4. The Labute approximate surface area is 157 Å². The fourth-order valence-corrected chi connectivity index (χ4v) is 4.37. The van der Waals surface area contributed by atoms with Crippen molar-refractivity contribution in [1.29, 1.82) is 0 Å². The average molecular weight is 366 g/mol. The van der Waals surface area contributed by atoms with Gasteiger partial charge in [-0.25, -0.2) is 0 Å². The molecule has 27 heavy (non-hydrogen) atoms. The zero-order valence-electron chi connectivity index (χ0n) is 15.5. The fraction of sp³-hybridized carbons (Fsp3) is 0.381. The molecule has 2 heterocycles. The number of methoxy groups -OCH3 is 1. The van der Waals surface area contributed by atoms with Gasteiger partial charge in [0.05, 0.1) is 18.4 Å². The lowest BCUT2D eigenvalue weighted by molar-refractivity contribution is -0.141. The van der Waals surface area contributed by atoms with E-state index in [1.165, 1.54) is 7.11 Å². The van der Waals surface area contributed by atoms with Crippen molar-refractivity contribution in [3.8, 4) is 0 Å². The number of ketones is 2. The van der Waals surface area contributed by atoms with Crippen molar-refractivity contribution < 1.29 is 19.1 Å². The summed E-state index contributed by atoms with van der Waals surface area (Å²) in [6.07, 6.45) is 3.02. The van der Waals surface area contributed by atoms with Gasteiger partial charge in [0.1, 0.15) is 0 Å². The molecule has 1 aliphatic heterocycles. The maximum Gasteiger partial charge on any atom is 0.305 e. The molecule has 0 unspecified atom stereocenters. The molecule has 2 atom stereocenters. The van der Waals surface area contributed by atoms with Crippen LogP contribution in [0.2, 0.25) is 0 Å². The number of para-hydroxylation sites is 1. The number of ether oxygens (including phenoxy) is 1. The molecule has 6 nitrogen and oxygen atoms in total. The number of aromatic amines is 1. The molecule has 0 fully saturated rings. The van der Waals surface area contributed by atoms with Crippen molar-refractivity contribution in [3.05, 3.63) is 47.3 Å². The molecule has 1 N–H and O–H groups in total. The van der Waals surface area contributed by atoms with Crippen LogP contribution in [0, 0.1) is 11.8 Å². The van der Waals surface area contributed by atoms with Gasteiger partial charge < -0.3 is 14.6 Å². The van der Waals surface area contributed by atoms with Crippen molar-refractivity contribution in [2.24, 2.45) is 11.8 Å². The van der Waals surface area contributed by atoms with E-state index in [4.69, 9.17) is 4.74 Å². The quantitative estimate of drug-likeness (QED) is 0.845. The van der Waals surface area contributed by atoms with Crippen molar-refractivity contribution >= 4 is 28.4 Å². The highest BCUT2D eigenvalue weighted by Gasteiger charge is 2.40. The number of carbonyl (C=O) groups is 3. The standard InChI is InChI=1S/C21H22N2O4/c1-23-10-12(7-8-18(25)27-2)14-9-17(24)20-19(21(26)15(14)11-23)13-5-3-4-6-16(13)22-20/h3-6,11-12,14,22H,7-10H2,1-2H3/t12-,14-/m0/s1. The Hall–Kier alpha value is -2.89. The van der Waals surface area contributed by atoms with E-state index in [2.05, 4.69) is 4.98 Å². The summed E-state index contributed by atoms with van der Waals surface area (Å²) in [7, 11) is 3.29. The van der Waals surface area contributed by atoms with Gasteiger partial charge >= 0.3 is 5.97 Å². The Bertz CT molecular complexity index is 972. The molecular formula is C21H22N2O4. The predicted molar refractivity (Wildman–Crippen MR) is 101 cm³/mol. The third-order valence-corrected chi connectivity index (χ3v) is 5.68. The molecule has 1 aliphatic carbocycles. The van der Waals surface area contributed by atoms with E-state index in [-0.39, 0.29) is 42.2 Å². The van der Waals surface area contributed by atoms with Crippen molar-refractivity contribution in [2.75, 3.05) is 20.7 Å². The molecule has 1 aromatic heterocycles. The summed E-state index contributed by atoms with van der Waals surface area (Å²) >= 11 is 0. The summed E-state index contributed by atoms with van der Waals surface area (Å²) in [6, 6.07) is 7.50. The number of carbonyl (C=O) groups excluding carboxylic acids is 3. The van der Waals surface area contributed by atoms with Crippen molar-refractivity contribution in [2.45, 2.75) is 19.3 Å². The second-order valence-electron chi connectivity index (χ2n) is 7.38. The first-order valence-electron chi connectivity index (χ1n) is 9.17.